The Kier molecular flexibility index (Phi) is 7.60. The number of hydrogen-bond acceptors (Lipinski definition) is 6. The Hall–Kier alpha value is -2.81. The first-order valence-electron chi connectivity index (χ1n) is 12.9. The van der Waals surface area contributed by atoms with Crippen LogP contribution in [0.5, 0.6) is 0 Å². The number of rotatable bonds is 6. The fraction of sp³-hybridized carbons (Fsp3) is 0.414. The maximum atomic E-state index is 12.4. The third-order valence-corrected chi connectivity index (χ3v) is 9.51. The summed E-state index contributed by atoms with van der Waals surface area (Å²) in [7, 11) is 2.16. The average Bonchev–Trinajstić information content (AvgIpc) is 3.57. The minimum atomic E-state index is -0.863. The van der Waals surface area contributed by atoms with Gasteiger partial charge >= 0.3 is 5.97 Å². The van der Waals surface area contributed by atoms with E-state index in [2.05, 4.69) is 35.2 Å². The van der Waals surface area contributed by atoms with Crippen LogP contribution in [0.3, 0.4) is 0 Å². The van der Waals surface area contributed by atoms with Crippen molar-refractivity contribution in [3.63, 3.8) is 0 Å². The van der Waals surface area contributed by atoms with Gasteiger partial charge in [0.25, 0.3) is 5.91 Å². The summed E-state index contributed by atoms with van der Waals surface area (Å²) in [5.41, 5.74) is 8.24. The molecular formula is C29H33N3O3S2. The first-order valence-corrected chi connectivity index (χ1v) is 14.6. The lowest BCUT2D eigenvalue weighted by Crippen LogP contribution is -2.31. The van der Waals surface area contributed by atoms with E-state index in [1.165, 1.54) is 59.5 Å². The zero-order valence-corrected chi connectivity index (χ0v) is 23.2. The summed E-state index contributed by atoms with van der Waals surface area (Å²) in [6.45, 7) is 6.15. The molecule has 2 aromatic heterocycles. The zero-order valence-electron chi connectivity index (χ0n) is 21.5. The van der Waals surface area contributed by atoms with Crippen LogP contribution in [0.2, 0.25) is 0 Å². The first-order chi connectivity index (χ1) is 17.8. The van der Waals surface area contributed by atoms with Crippen LogP contribution in [0.4, 0.5) is 5.69 Å². The van der Waals surface area contributed by atoms with Gasteiger partial charge in [-0.1, -0.05) is 25.8 Å². The third kappa shape index (κ3) is 5.56. The maximum Gasteiger partial charge on any atom is 0.346 e. The molecule has 37 heavy (non-hydrogen) atoms. The minimum absolute atomic E-state index is 0.234. The van der Waals surface area contributed by atoms with Gasteiger partial charge in [0.1, 0.15) is 10.6 Å². The van der Waals surface area contributed by atoms with Crippen molar-refractivity contribution >= 4 is 45.8 Å². The SMILES string of the molecule is Cc1cc(-c2cc(C3=C(C4CCC(C)CC4)CN(C)CC3)c(C(=O)O)s2)ccc1NC(=O)c1cscn1. The van der Waals surface area contributed by atoms with E-state index < -0.39 is 5.97 Å². The van der Waals surface area contributed by atoms with E-state index in [0.29, 0.717) is 16.5 Å². The van der Waals surface area contributed by atoms with Gasteiger partial charge in [0.05, 0.1) is 5.51 Å². The van der Waals surface area contributed by atoms with Gasteiger partial charge in [-0.05, 0) is 85.5 Å². The molecule has 3 heterocycles. The Morgan fingerprint density at radius 3 is 2.62 bits per heavy atom. The molecule has 2 N–H and O–H groups in total. The molecule has 0 atom stereocenters. The molecule has 0 bridgehead atoms. The van der Waals surface area contributed by atoms with Crippen molar-refractivity contribution in [3.8, 4) is 10.4 Å². The summed E-state index contributed by atoms with van der Waals surface area (Å²) >= 11 is 2.73. The third-order valence-electron chi connectivity index (χ3n) is 7.76. The number of carbonyl (C=O) groups excluding carboxylic acids is 1. The molecule has 8 heteroatoms. The fourth-order valence-electron chi connectivity index (χ4n) is 5.60. The van der Waals surface area contributed by atoms with Crippen molar-refractivity contribution in [2.45, 2.75) is 46.0 Å². The minimum Gasteiger partial charge on any atom is -0.477 e. The molecule has 1 aliphatic heterocycles. The number of benzene rings is 1. The van der Waals surface area contributed by atoms with E-state index in [1.54, 1.807) is 10.9 Å². The number of nitrogens with one attached hydrogen (secondary N) is 1. The summed E-state index contributed by atoms with van der Waals surface area (Å²) in [4.78, 5) is 32.6. The van der Waals surface area contributed by atoms with Crippen molar-refractivity contribution in [1.29, 1.82) is 0 Å². The number of aryl methyl sites for hydroxylation is 1. The lowest BCUT2D eigenvalue weighted by molar-refractivity contribution is 0.0701. The van der Waals surface area contributed by atoms with E-state index in [9.17, 15) is 14.7 Å². The molecule has 1 aliphatic carbocycles. The molecule has 0 unspecified atom stereocenters. The molecule has 0 radical (unpaired) electrons. The number of carboxylic acids is 1. The van der Waals surface area contributed by atoms with E-state index in [0.717, 1.165) is 52.7 Å². The lowest BCUT2D eigenvalue weighted by Gasteiger charge is -2.35. The Bertz CT molecular complexity index is 1330. The number of aromatic nitrogens is 1. The van der Waals surface area contributed by atoms with Gasteiger partial charge in [-0.3, -0.25) is 4.79 Å². The second-order valence-corrected chi connectivity index (χ2v) is 12.2. The number of likely N-dealkylation sites (N-methyl/N-ethyl adjacent to an activating group) is 1. The summed E-state index contributed by atoms with van der Waals surface area (Å²) in [6, 6.07) is 7.95. The van der Waals surface area contributed by atoms with E-state index in [4.69, 9.17) is 0 Å². The molecular weight excluding hydrogens is 502 g/mol. The zero-order chi connectivity index (χ0) is 26.1. The van der Waals surface area contributed by atoms with Gasteiger partial charge in [-0.25, -0.2) is 9.78 Å². The van der Waals surface area contributed by atoms with Gasteiger partial charge in [-0.2, -0.15) is 0 Å². The Morgan fingerprint density at radius 1 is 1.16 bits per heavy atom. The smallest absolute Gasteiger partial charge is 0.346 e. The molecule has 1 fully saturated rings. The second kappa shape index (κ2) is 10.9. The number of aromatic carboxylic acids is 1. The Balaban J connectivity index is 1.48. The summed E-state index contributed by atoms with van der Waals surface area (Å²) < 4.78 is 0. The number of carbonyl (C=O) groups is 2. The van der Waals surface area contributed by atoms with Gasteiger partial charge in [-0.15, -0.1) is 22.7 Å². The number of anilines is 1. The predicted molar refractivity (Wildman–Crippen MR) is 152 cm³/mol. The first kappa shape index (κ1) is 25.8. The summed E-state index contributed by atoms with van der Waals surface area (Å²) in [5, 5.41) is 14.8. The molecule has 1 aromatic carbocycles. The molecule has 6 nitrogen and oxygen atoms in total. The van der Waals surface area contributed by atoms with E-state index >= 15 is 0 Å². The molecule has 0 spiro atoms. The highest BCUT2D eigenvalue weighted by atomic mass is 32.1. The average molecular weight is 536 g/mol. The van der Waals surface area contributed by atoms with Crippen LogP contribution in [0.1, 0.15) is 70.3 Å². The molecule has 0 saturated heterocycles. The highest BCUT2D eigenvalue weighted by Crippen LogP contribution is 2.43. The van der Waals surface area contributed by atoms with Crippen LogP contribution in [0.25, 0.3) is 16.0 Å². The normalized spacial score (nSPS) is 20.7. The van der Waals surface area contributed by atoms with Crippen LogP contribution in [-0.2, 0) is 0 Å². The molecule has 194 valence electrons. The summed E-state index contributed by atoms with van der Waals surface area (Å²) in [6.07, 6.45) is 5.77. The largest absolute Gasteiger partial charge is 0.477 e. The van der Waals surface area contributed by atoms with Crippen LogP contribution >= 0.6 is 22.7 Å². The van der Waals surface area contributed by atoms with Gasteiger partial charge in [0.2, 0.25) is 0 Å². The van der Waals surface area contributed by atoms with E-state index in [1.807, 2.05) is 25.1 Å². The van der Waals surface area contributed by atoms with Crippen molar-refractivity contribution in [3.05, 3.63) is 62.4 Å². The van der Waals surface area contributed by atoms with Crippen molar-refractivity contribution in [1.82, 2.24) is 9.88 Å². The number of hydrogen-bond donors (Lipinski definition) is 2. The predicted octanol–water partition coefficient (Wildman–Crippen LogP) is 7.05. The summed E-state index contributed by atoms with van der Waals surface area (Å²) in [5.74, 6) is 0.226. The van der Waals surface area contributed by atoms with Crippen LogP contribution < -0.4 is 5.32 Å². The van der Waals surface area contributed by atoms with Crippen LogP contribution in [-0.4, -0.2) is 47.0 Å². The van der Waals surface area contributed by atoms with Gasteiger partial charge in [0, 0.05) is 34.6 Å². The second-order valence-electron chi connectivity index (χ2n) is 10.5. The van der Waals surface area contributed by atoms with Gasteiger partial charge < -0.3 is 15.3 Å². The number of nitrogens with zero attached hydrogens (tertiary/aromatic N) is 2. The van der Waals surface area contributed by atoms with Crippen molar-refractivity contribution < 1.29 is 14.7 Å². The molecule has 3 aromatic rings. The number of thiophene rings is 1. The van der Waals surface area contributed by atoms with Crippen LogP contribution in [0, 0.1) is 18.8 Å². The topological polar surface area (TPSA) is 82.5 Å². The lowest BCUT2D eigenvalue weighted by atomic mass is 9.75. The molecule has 5 rings (SSSR count). The number of carboxylic acid groups (broad SMARTS) is 1. The molecule has 1 amide bonds. The standard InChI is InChI=1S/C29H33N3O3S2/c1-17-4-6-19(7-5-17)23-14-32(3)11-10-21(23)22-13-26(37-27(22)29(34)35)20-8-9-24(18(2)12-20)31-28(33)25-15-36-16-30-25/h8-9,12-13,15-17,19H,4-7,10-11,14H2,1-3H3,(H,31,33)(H,34,35). The molecule has 1 saturated carbocycles. The number of amides is 1. The Morgan fingerprint density at radius 2 is 1.95 bits per heavy atom. The Labute approximate surface area is 226 Å². The number of thiazole rings is 1. The van der Waals surface area contributed by atoms with Crippen LogP contribution in [0.15, 0.2) is 40.7 Å². The quantitative estimate of drug-likeness (QED) is 0.354. The maximum absolute atomic E-state index is 12.4. The fourth-order valence-corrected chi connectivity index (χ4v) is 7.16. The van der Waals surface area contributed by atoms with Crippen molar-refractivity contribution in [2.75, 3.05) is 25.5 Å². The van der Waals surface area contributed by atoms with Crippen molar-refractivity contribution in [2.24, 2.45) is 11.8 Å². The highest BCUT2D eigenvalue weighted by Gasteiger charge is 2.30. The van der Waals surface area contributed by atoms with E-state index in [-0.39, 0.29) is 5.91 Å². The monoisotopic (exact) mass is 535 g/mol. The van der Waals surface area contributed by atoms with Gasteiger partial charge in [0.15, 0.2) is 0 Å². The molecule has 2 aliphatic rings. The highest BCUT2D eigenvalue weighted by molar-refractivity contribution is 7.17.